The lowest BCUT2D eigenvalue weighted by atomic mass is 10.2. The summed E-state index contributed by atoms with van der Waals surface area (Å²) in [6.07, 6.45) is 5.18. The molecule has 0 aliphatic heterocycles. The zero-order valence-electron chi connectivity index (χ0n) is 13.2. The summed E-state index contributed by atoms with van der Waals surface area (Å²) in [6.45, 7) is 0. The van der Waals surface area contributed by atoms with E-state index >= 15 is 0 Å². The fourth-order valence-electron chi connectivity index (χ4n) is 2.72. The molecule has 0 saturated heterocycles. The van der Waals surface area contributed by atoms with Gasteiger partial charge in [0.1, 0.15) is 11.3 Å². The van der Waals surface area contributed by atoms with E-state index in [1.165, 1.54) is 0 Å². The highest BCUT2D eigenvalue weighted by Gasteiger charge is 2.18. The maximum absolute atomic E-state index is 6.36. The van der Waals surface area contributed by atoms with E-state index in [0.29, 0.717) is 27.3 Å². The maximum Gasteiger partial charge on any atom is 0.158 e. The van der Waals surface area contributed by atoms with Crippen molar-refractivity contribution in [2.24, 2.45) is 7.05 Å². The van der Waals surface area contributed by atoms with Gasteiger partial charge < -0.3 is 9.88 Å². The smallest absolute Gasteiger partial charge is 0.158 e. The summed E-state index contributed by atoms with van der Waals surface area (Å²) in [4.78, 5) is 13.2. The van der Waals surface area contributed by atoms with Crippen molar-refractivity contribution in [2.75, 3.05) is 5.32 Å². The van der Waals surface area contributed by atoms with Gasteiger partial charge in [0.15, 0.2) is 5.82 Å². The van der Waals surface area contributed by atoms with E-state index in [0.717, 1.165) is 16.7 Å². The molecule has 0 amide bonds. The number of benzene rings is 1. The molecule has 0 saturated carbocycles. The fourth-order valence-corrected chi connectivity index (χ4v) is 3.28. The Hall–Kier alpha value is -2.63. The van der Waals surface area contributed by atoms with Crippen LogP contribution in [0.25, 0.3) is 22.4 Å². The summed E-state index contributed by atoms with van der Waals surface area (Å²) in [5.74, 6) is 1.35. The van der Waals surface area contributed by atoms with Gasteiger partial charge in [-0.25, -0.2) is 9.97 Å². The van der Waals surface area contributed by atoms with E-state index in [1.54, 1.807) is 30.7 Å². The number of aryl methyl sites for hydroxylation is 1. The Balaban J connectivity index is 1.89. The first-order valence-electron chi connectivity index (χ1n) is 7.58. The van der Waals surface area contributed by atoms with Crippen LogP contribution in [0.4, 0.5) is 11.5 Å². The van der Waals surface area contributed by atoms with Crippen LogP contribution < -0.4 is 5.32 Å². The van der Waals surface area contributed by atoms with Crippen molar-refractivity contribution in [1.82, 2.24) is 19.5 Å². The zero-order valence-corrected chi connectivity index (χ0v) is 14.8. The minimum atomic E-state index is 0.558. The SMILES string of the molecule is Cn1c(-c2c(Cl)cccc2Cl)nc2c(Nc3ccncc3)nccc21. The number of nitrogens with one attached hydrogen (secondary N) is 1. The molecule has 0 atom stereocenters. The van der Waals surface area contributed by atoms with Gasteiger partial charge in [-0.1, -0.05) is 29.3 Å². The Morgan fingerprint density at radius 1 is 0.960 bits per heavy atom. The third-order valence-electron chi connectivity index (χ3n) is 3.93. The molecule has 0 aliphatic carbocycles. The number of fused-ring (bicyclic) bond motifs is 1. The van der Waals surface area contributed by atoms with Gasteiger partial charge in [0.25, 0.3) is 0 Å². The number of imidazole rings is 1. The highest BCUT2D eigenvalue weighted by molar-refractivity contribution is 6.39. The number of anilines is 2. The van der Waals surface area contributed by atoms with Crippen molar-refractivity contribution >= 4 is 45.7 Å². The molecule has 25 heavy (non-hydrogen) atoms. The molecule has 0 radical (unpaired) electrons. The lowest BCUT2D eigenvalue weighted by Crippen LogP contribution is -1.95. The summed E-state index contributed by atoms with van der Waals surface area (Å²) >= 11 is 12.7. The maximum atomic E-state index is 6.36. The van der Waals surface area contributed by atoms with Crippen LogP contribution in [-0.2, 0) is 7.05 Å². The molecule has 4 aromatic rings. The van der Waals surface area contributed by atoms with Crippen LogP contribution in [0.3, 0.4) is 0 Å². The van der Waals surface area contributed by atoms with Crippen molar-refractivity contribution in [3.05, 3.63) is 65.0 Å². The van der Waals surface area contributed by atoms with Crippen molar-refractivity contribution in [3.8, 4) is 11.4 Å². The van der Waals surface area contributed by atoms with Gasteiger partial charge in [-0.3, -0.25) is 4.98 Å². The molecule has 3 aromatic heterocycles. The van der Waals surface area contributed by atoms with Crippen LogP contribution >= 0.6 is 23.2 Å². The van der Waals surface area contributed by atoms with Gasteiger partial charge in [0.2, 0.25) is 0 Å². The highest BCUT2D eigenvalue weighted by atomic mass is 35.5. The minimum absolute atomic E-state index is 0.558. The first-order valence-corrected chi connectivity index (χ1v) is 8.33. The number of halogens is 2. The Labute approximate surface area is 154 Å². The van der Waals surface area contributed by atoms with Gasteiger partial charge >= 0.3 is 0 Å². The third-order valence-corrected chi connectivity index (χ3v) is 4.56. The number of nitrogens with zero attached hydrogens (tertiary/aromatic N) is 4. The Kier molecular flexibility index (Phi) is 4.03. The van der Waals surface area contributed by atoms with Crippen LogP contribution in [0.1, 0.15) is 0 Å². The lowest BCUT2D eigenvalue weighted by molar-refractivity contribution is 0.959. The molecule has 3 heterocycles. The fraction of sp³-hybridized carbons (Fsp3) is 0.0556. The molecule has 0 bridgehead atoms. The van der Waals surface area contributed by atoms with Crippen molar-refractivity contribution in [3.63, 3.8) is 0 Å². The average molecular weight is 370 g/mol. The van der Waals surface area contributed by atoms with Gasteiger partial charge in [-0.2, -0.15) is 0 Å². The number of aromatic nitrogens is 4. The highest BCUT2D eigenvalue weighted by Crippen LogP contribution is 2.36. The van der Waals surface area contributed by atoms with Crippen molar-refractivity contribution in [1.29, 1.82) is 0 Å². The van der Waals surface area contributed by atoms with Gasteiger partial charge in [-0.15, -0.1) is 0 Å². The number of hydrogen-bond acceptors (Lipinski definition) is 4. The molecular weight excluding hydrogens is 357 g/mol. The molecule has 4 rings (SSSR count). The Morgan fingerprint density at radius 3 is 2.40 bits per heavy atom. The average Bonchev–Trinajstić information content (AvgIpc) is 2.94. The first kappa shape index (κ1) is 15.9. The van der Waals surface area contributed by atoms with E-state index in [-0.39, 0.29) is 0 Å². The predicted molar refractivity (Wildman–Crippen MR) is 101 cm³/mol. The van der Waals surface area contributed by atoms with Gasteiger partial charge in [0.05, 0.1) is 21.1 Å². The zero-order chi connectivity index (χ0) is 17.4. The third kappa shape index (κ3) is 2.81. The number of rotatable bonds is 3. The minimum Gasteiger partial charge on any atom is -0.338 e. The Morgan fingerprint density at radius 2 is 1.68 bits per heavy atom. The molecule has 5 nitrogen and oxygen atoms in total. The number of pyridine rings is 2. The summed E-state index contributed by atoms with van der Waals surface area (Å²) in [5, 5.41) is 4.39. The van der Waals surface area contributed by atoms with Crippen LogP contribution in [0, 0.1) is 0 Å². The summed E-state index contributed by atoms with van der Waals surface area (Å²) < 4.78 is 1.96. The normalized spacial score (nSPS) is 11.0. The molecule has 1 aromatic carbocycles. The molecule has 0 aliphatic rings. The van der Waals surface area contributed by atoms with Gasteiger partial charge in [0, 0.05) is 31.3 Å². The second kappa shape index (κ2) is 6.35. The van der Waals surface area contributed by atoms with Crippen LogP contribution in [-0.4, -0.2) is 19.5 Å². The van der Waals surface area contributed by atoms with E-state index in [1.807, 2.05) is 35.9 Å². The van der Waals surface area contributed by atoms with Crippen LogP contribution in [0.5, 0.6) is 0 Å². The summed E-state index contributed by atoms with van der Waals surface area (Å²) in [5.41, 5.74) is 3.27. The van der Waals surface area contributed by atoms with Crippen molar-refractivity contribution < 1.29 is 0 Å². The summed E-state index contributed by atoms with van der Waals surface area (Å²) in [7, 11) is 1.93. The molecular formula is C18H13Cl2N5. The Bertz CT molecular complexity index is 1040. The van der Waals surface area contributed by atoms with E-state index in [4.69, 9.17) is 28.2 Å². The lowest BCUT2D eigenvalue weighted by Gasteiger charge is -2.06. The topological polar surface area (TPSA) is 55.6 Å². The number of hydrogen-bond donors (Lipinski definition) is 1. The quantitative estimate of drug-likeness (QED) is 0.546. The van der Waals surface area contributed by atoms with E-state index < -0.39 is 0 Å². The monoisotopic (exact) mass is 369 g/mol. The van der Waals surface area contributed by atoms with Crippen molar-refractivity contribution in [2.45, 2.75) is 0 Å². The first-order chi connectivity index (χ1) is 12.1. The molecule has 1 N–H and O–H groups in total. The second-order valence-electron chi connectivity index (χ2n) is 5.48. The van der Waals surface area contributed by atoms with Crippen LogP contribution in [0.2, 0.25) is 10.0 Å². The van der Waals surface area contributed by atoms with Crippen LogP contribution in [0.15, 0.2) is 55.0 Å². The van der Waals surface area contributed by atoms with Gasteiger partial charge in [-0.05, 0) is 30.3 Å². The standard InChI is InChI=1S/C18H13Cl2N5/c1-25-14-7-10-22-17(23-11-5-8-21-9-6-11)16(14)24-18(25)15-12(19)3-2-4-13(15)20/h2-10H,1H3,(H,21,22,23). The molecule has 0 fully saturated rings. The van der Waals surface area contributed by atoms with E-state index in [9.17, 15) is 0 Å². The molecule has 7 heteroatoms. The molecule has 124 valence electrons. The largest absolute Gasteiger partial charge is 0.338 e. The molecule has 0 unspecified atom stereocenters. The second-order valence-corrected chi connectivity index (χ2v) is 6.29. The van der Waals surface area contributed by atoms with E-state index in [2.05, 4.69) is 15.3 Å². The predicted octanol–water partition coefficient (Wildman–Crippen LogP) is 5.08. The summed E-state index contributed by atoms with van der Waals surface area (Å²) in [6, 6.07) is 11.1. The molecule has 0 spiro atoms.